The topological polar surface area (TPSA) is 92.1 Å². The van der Waals surface area contributed by atoms with Crippen molar-refractivity contribution in [3.63, 3.8) is 0 Å². The average Bonchev–Trinajstić information content (AvgIpc) is 3.10. The minimum atomic E-state index is -0.337. The normalized spacial score (nSPS) is 10.5. The van der Waals surface area contributed by atoms with Crippen LogP contribution in [0.5, 0.6) is 5.75 Å². The van der Waals surface area contributed by atoms with Gasteiger partial charge in [-0.05, 0) is 23.8 Å². The first-order chi connectivity index (χ1) is 14.0. The Morgan fingerprint density at radius 3 is 2.86 bits per heavy atom. The van der Waals surface area contributed by atoms with Crippen molar-refractivity contribution in [3.05, 3.63) is 47.2 Å². The van der Waals surface area contributed by atoms with Gasteiger partial charge in [0.1, 0.15) is 16.6 Å². The summed E-state index contributed by atoms with van der Waals surface area (Å²) in [6, 6.07) is 11.8. The molecule has 1 amide bonds. The standard InChI is InChI=1S/C21H18FN3O3S/c1-28-18-10-17-19(9-16(18)13-4-2-5-14(22)8-13)29-21(25-17)11-20(27)24-12-15(26)6-3-7-23/h2,4-5,8-10H,3,6,11-12H2,1H3,(H,24,27). The number of carbonyl (C=O) groups is 2. The molecule has 2 aromatic carbocycles. The van der Waals surface area contributed by atoms with Gasteiger partial charge in [0.2, 0.25) is 5.91 Å². The maximum Gasteiger partial charge on any atom is 0.227 e. The molecule has 0 saturated carbocycles. The van der Waals surface area contributed by atoms with E-state index >= 15 is 0 Å². The van der Waals surface area contributed by atoms with Gasteiger partial charge in [-0.15, -0.1) is 11.3 Å². The fraction of sp³-hybridized carbons (Fsp3) is 0.238. The van der Waals surface area contributed by atoms with Crippen molar-refractivity contribution in [1.29, 1.82) is 5.26 Å². The maximum absolute atomic E-state index is 13.6. The van der Waals surface area contributed by atoms with Crippen molar-refractivity contribution >= 4 is 33.2 Å². The molecule has 1 aromatic heterocycles. The van der Waals surface area contributed by atoms with Gasteiger partial charge in [-0.1, -0.05) is 12.1 Å². The highest BCUT2D eigenvalue weighted by molar-refractivity contribution is 7.18. The molecule has 0 atom stereocenters. The van der Waals surface area contributed by atoms with Gasteiger partial charge in [0.15, 0.2) is 5.78 Å². The van der Waals surface area contributed by atoms with Crippen LogP contribution in [0.25, 0.3) is 21.3 Å². The highest BCUT2D eigenvalue weighted by Crippen LogP contribution is 2.36. The molecule has 3 aromatic rings. The first kappa shape index (κ1) is 20.4. The average molecular weight is 411 g/mol. The van der Waals surface area contributed by atoms with Gasteiger partial charge in [0.25, 0.3) is 0 Å². The monoisotopic (exact) mass is 411 g/mol. The van der Waals surface area contributed by atoms with Crippen molar-refractivity contribution in [1.82, 2.24) is 10.3 Å². The van der Waals surface area contributed by atoms with Crippen LogP contribution in [-0.4, -0.2) is 30.3 Å². The van der Waals surface area contributed by atoms with Crippen molar-refractivity contribution in [2.24, 2.45) is 0 Å². The summed E-state index contributed by atoms with van der Waals surface area (Å²) in [5, 5.41) is 11.6. The number of Topliss-reactive ketones (excluding diaryl/α,β-unsaturated/α-hetero) is 1. The third-order valence-corrected chi connectivity index (χ3v) is 5.22. The minimum Gasteiger partial charge on any atom is -0.496 e. The maximum atomic E-state index is 13.6. The van der Waals surface area contributed by atoms with E-state index in [1.807, 2.05) is 12.1 Å². The summed E-state index contributed by atoms with van der Waals surface area (Å²) in [5.74, 6) is -0.275. The van der Waals surface area contributed by atoms with E-state index < -0.39 is 0 Å². The Kier molecular flexibility index (Phi) is 6.52. The third-order valence-electron chi connectivity index (χ3n) is 4.20. The summed E-state index contributed by atoms with van der Waals surface area (Å²) in [4.78, 5) is 28.1. The first-order valence-electron chi connectivity index (χ1n) is 8.89. The van der Waals surface area contributed by atoms with E-state index in [4.69, 9.17) is 10.00 Å². The number of ether oxygens (including phenoxy) is 1. The van der Waals surface area contributed by atoms with Crippen LogP contribution in [0.3, 0.4) is 0 Å². The minimum absolute atomic E-state index is 0.0441. The lowest BCUT2D eigenvalue weighted by Crippen LogP contribution is -2.30. The number of thiazole rings is 1. The van der Waals surface area contributed by atoms with Gasteiger partial charge in [0.05, 0.1) is 36.4 Å². The number of nitrogens with zero attached hydrogens (tertiary/aromatic N) is 2. The number of amides is 1. The lowest BCUT2D eigenvalue weighted by molar-refractivity contribution is -0.124. The highest BCUT2D eigenvalue weighted by atomic mass is 32.1. The van der Waals surface area contributed by atoms with Crippen LogP contribution < -0.4 is 10.1 Å². The molecule has 29 heavy (non-hydrogen) atoms. The van der Waals surface area contributed by atoms with Crippen LogP contribution >= 0.6 is 11.3 Å². The SMILES string of the molecule is COc1cc2nc(CC(=O)NCC(=O)CCC#N)sc2cc1-c1cccc(F)c1. The van der Waals surface area contributed by atoms with Gasteiger partial charge < -0.3 is 10.1 Å². The number of methoxy groups -OCH3 is 1. The number of carbonyl (C=O) groups excluding carboxylic acids is 2. The van der Waals surface area contributed by atoms with E-state index in [0.29, 0.717) is 21.8 Å². The van der Waals surface area contributed by atoms with Crippen LogP contribution in [0.2, 0.25) is 0 Å². The second-order valence-corrected chi connectivity index (χ2v) is 7.40. The quantitative estimate of drug-likeness (QED) is 0.611. The molecule has 0 aliphatic rings. The molecule has 0 bridgehead atoms. The molecule has 1 heterocycles. The largest absolute Gasteiger partial charge is 0.496 e. The number of rotatable bonds is 8. The van der Waals surface area contributed by atoms with Crippen molar-refractivity contribution in [3.8, 4) is 22.9 Å². The number of nitrogens with one attached hydrogen (secondary N) is 1. The second-order valence-electron chi connectivity index (χ2n) is 6.29. The number of fused-ring (bicyclic) bond motifs is 1. The molecule has 3 rings (SSSR count). The fourth-order valence-corrected chi connectivity index (χ4v) is 3.80. The number of hydrogen-bond acceptors (Lipinski definition) is 6. The third kappa shape index (κ3) is 5.15. The Labute approximate surface area is 170 Å². The molecule has 0 spiro atoms. The zero-order valence-corrected chi connectivity index (χ0v) is 16.5. The summed E-state index contributed by atoms with van der Waals surface area (Å²) < 4.78 is 19.9. The zero-order valence-electron chi connectivity index (χ0n) is 15.7. The van der Waals surface area contributed by atoms with Gasteiger partial charge >= 0.3 is 0 Å². The Balaban J connectivity index is 1.77. The van der Waals surface area contributed by atoms with Crippen LogP contribution in [0, 0.1) is 17.1 Å². The number of ketones is 1. The molecule has 6 nitrogen and oxygen atoms in total. The number of benzene rings is 2. The predicted octanol–water partition coefficient (Wildman–Crippen LogP) is 3.64. The van der Waals surface area contributed by atoms with Gasteiger partial charge in [-0.2, -0.15) is 5.26 Å². The van der Waals surface area contributed by atoms with E-state index in [9.17, 15) is 14.0 Å². The molecule has 0 saturated heterocycles. The number of hydrogen-bond donors (Lipinski definition) is 1. The van der Waals surface area contributed by atoms with Crippen LogP contribution in [0.4, 0.5) is 4.39 Å². The Hall–Kier alpha value is -3.31. The second kappa shape index (κ2) is 9.26. The Morgan fingerprint density at radius 1 is 1.31 bits per heavy atom. The summed E-state index contributed by atoms with van der Waals surface area (Å²) in [7, 11) is 1.54. The molecule has 0 aliphatic heterocycles. The molecule has 0 unspecified atom stereocenters. The Morgan fingerprint density at radius 2 is 2.14 bits per heavy atom. The lowest BCUT2D eigenvalue weighted by Gasteiger charge is -2.08. The number of aromatic nitrogens is 1. The molecule has 0 aliphatic carbocycles. The lowest BCUT2D eigenvalue weighted by atomic mass is 10.0. The molecule has 0 fully saturated rings. The van der Waals surface area contributed by atoms with Crippen molar-refractivity contribution < 1.29 is 18.7 Å². The molecule has 148 valence electrons. The van der Waals surface area contributed by atoms with Crippen molar-refractivity contribution in [2.45, 2.75) is 19.3 Å². The van der Waals surface area contributed by atoms with E-state index in [2.05, 4.69) is 10.3 Å². The highest BCUT2D eigenvalue weighted by Gasteiger charge is 2.14. The summed E-state index contributed by atoms with van der Waals surface area (Å²) in [6.45, 7) is -0.0943. The molecule has 0 radical (unpaired) electrons. The molecule has 8 heteroatoms. The predicted molar refractivity (Wildman–Crippen MR) is 108 cm³/mol. The van der Waals surface area contributed by atoms with Crippen LogP contribution in [-0.2, 0) is 16.0 Å². The van der Waals surface area contributed by atoms with Crippen LogP contribution in [0.15, 0.2) is 36.4 Å². The smallest absolute Gasteiger partial charge is 0.227 e. The van der Waals surface area contributed by atoms with Crippen LogP contribution in [0.1, 0.15) is 17.8 Å². The van der Waals surface area contributed by atoms with Crippen molar-refractivity contribution in [2.75, 3.05) is 13.7 Å². The summed E-state index contributed by atoms with van der Waals surface area (Å²) in [5.41, 5.74) is 2.11. The van der Waals surface area contributed by atoms with Gasteiger partial charge in [-0.25, -0.2) is 9.37 Å². The van der Waals surface area contributed by atoms with E-state index in [0.717, 1.165) is 10.3 Å². The zero-order chi connectivity index (χ0) is 20.8. The summed E-state index contributed by atoms with van der Waals surface area (Å²) in [6.07, 6.45) is 0.311. The molecular weight excluding hydrogens is 393 g/mol. The number of nitriles is 1. The fourth-order valence-electron chi connectivity index (χ4n) is 2.81. The Bertz CT molecular complexity index is 1100. The van der Waals surface area contributed by atoms with Gasteiger partial charge in [-0.3, -0.25) is 9.59 Å². The van der Waals surface area contributed by atoms with E-state index in [1.54, 1.807) is 18.2 Å². The first-order valence-corrected chi connectivity index (χ1v) is 9.70. The molecular formula is C21H18FN3O3S. The van der Waals surface area contributed by atoms with E-state index in [-0.39, 0.29) is 43.3 Å². The molecule has 1 N–H and O–H groups in total. The van der Waals surface area contributed by atoms with E-state index in [1.165, 1.54) is 30.6 Å². The van der Waals surface area contributed by atoms with Gasteiger partial charge in [0, 0.05) is 24.5 Å². The summed E-state index contributed by atoms with van der Waals surface area (Å²) >= 11 is 1.36. The number of halogens is 1.